The standard InChI is InChI=1S/C15H14BrFN2O2/c16-13-8-10(17)4-5-14(13)21-7-6-15(20)19-12-3-1-2-11(18)9-12/h1-5,8-9H,6-7,18H2,(H,19,20). The van der Waals surface area contributed by atoms with Crippen LogP contribution in [0.3, 0.4) is 0 Å². The Kier molecular flexibility index (Phi) is 5.16. The average molecular weight is 353 g/mol. The molecule has 0 unspecified atom stereocenters. The molecule has 0 heterocycles. The van der Waals surface area contributed by atoms with Gasteiger partial charge in [0.25, 0.3) is 0 Å². The van der Waals surface area contributed by atoms with Gasteiger partial charge < -0.3 is 15.8 Å². The maximum atomic E-state index is 12.9. The third-order valence-electron chi connectivity index (χ3n) is 2.65. The van der Waals surface area contributed by atoms with Gasteiger partial charge in [0.05, 0.1) is 17.5 Å². The molecule has 2 rings (SSSR count). The zero-order valence-corrected chi connectivity index (χ0v) is 12.7. The monoisotopic (exact) mass is 352 g/mol. The van der Waals surface area contributed by atoms with Gasteiger partial charge in [-0.05, 0) is 52.3 Å². The smallest absolute Gasteiger partial charge is 0.227 e. The van der Waals surface area contributed by atoms with Crippen LogP contribution >= 0.6 is 15.9 Å². The molecule has 0 spiro atoms. The van der Waals surface area contributed by atoms with Crippen molar-refractivity contribution in [3.05, 3.63) is 52.8 Å². The van der Waals surface area contributed by atoms with Crippen LogP contribution in [0.15, 0.2) is 46.9 Å². The SMILES string of the molecule is Nc1cccc(NC(=O)CCOc2ccc(F)cc2Br)c1. The van der Waals surface area contributed by atoms with Gasteiger partial charge in [-0.1, -0.05) is 6.07 Å². The number of anilines is 2. The van der Waals surface area contributed by atoms with E-state index in [2.05, 4.69) is 21.2 Å². The Bertz CT molecular complexity index is 649. The van der Waals surface area contributed by atoms with E-state index in [1.54, 1.807) is 24.3 Å². The Hall–Kier alpha value is -2.08. The molecule has 21 heavy (non-hydrogen) atoms. The summed E-state index contributed by atoms with van der Waals surface area (Å²) in [6, 6.07) is 11.0. The fourth-order valence-corrected chi connectivity index (χ4v) is 2.15. The second-order valence-corrected chi connectivity index (χ2v) is 5.20. The molecule has 0 aliphatic heterocycles. The van der Waals surface area contributed by atoms with E-state index in [9.17, 15) is 9.18 Å². The highest BCUT2D eigenvalue weighted by atomic mass is 79.9. The lowest BCUT2D eigenvalue weighted by molar-refractivity contribution is -0.116. The van der Waals surface area contributed by atoms with Crippen LogP contribution in [-0.2, 0) is 4.79 Å². The van der Waals surface area contributed by atoms with Crippen molar-refractivity contribution in [2.24, 2.45) is 0 Å². The molecule has 3 N–H and O–H groups in total. The number of carbonyl (C=O) groups is 1. The summed E-state index contributed by atoms with van der Waals surface area (Å²) in [6.07, 6.45) is 0.179. The molecule has 0 aromatic heterocycles. The first kappa shape index (κ1) is 15.3. The van der Waals surface area contributed by atoms with E-state index < -0.39 is 0 Å². The summed E-state index contributed by atoms with van der Waals surface area (Å²) < 4.78 is 18.9. The van der Waals surface area contributed by atoms with E-state index in [-0.39, 0.29) is 24.8 Å². The van der Waals surface area contributed by atoms with Gasteiger partial charge in [-0.15, -0.1) is 0 Å². The zero-order chi connectivity index (χ0) is 15.2. The lowest BCUT2D eigenvalue weighted by atomic mass is 10.2. The van der Waals surface area contributed by atoms with Gasteiger partial charge in [-0.25, -0.2) is 4.39 Å². The maximum absolute atomic E-state index is 12.9. The van der Waals surface area contributed by atoms with Crippen molar-refractivity contribution in [1.82, 2.24) is 0 Å². The number of benzene rings is 2. The molecule has 4 nitrogen and oxygen atoms in total. The number of carbonyl (C=O) groups excluding carboxylic acids is 1. The zero-order valence-electron chi connectivity index (χ0n) is 11.1. The van der Waals surface area contributed by atoms with Crippen LogP contribution in [0.25, 0.3) is 0 Å². The molecule has 2 aromatic carbocycles. The topological polar surface area (TPSA) is 64.3 Å². The molecule has 2 aromatic rings. The number of halogens is 2. The Labute approximate surface area is 130 Å². The van der Waals surface area contributed by atoms with Crippen molar-refractivity contribution >= 4 is 33.2 Å². The van der Waals surface area contributed by atoms with Crippen molar-refractivity contribution in [2.45, 2.75) is 6.42 Å². The minimum absolute atomic E-state index is 0.179. The van der Waals surface area contributed by atoms with Crippen molar-refractivity contribution in [2.75, 3.05) is 17.7 Å². The largest absolute Gasteiger partial charge is 0.492 e. The predicted molar refractivity (Wildman–Crippen MR) is 83.7 cm³/mol. The lowest BCUT2D eigenvalue weighted by Gasteiger charge is -2.09. The Morgan fingerprint density at radius 2 is 2.10 bits per heavy atom. The quantitative estimate of drug-likeness (QED) is 0.808. The average Bonchev–Trinajstić information content (AvgIpc) is 2.41. The van der Waals surface area contributed by atoms with Gasteiger partial charge in [0.15, 0.2) is 0 Å². The number of amides is 1. The fraction of sp³-hybridized carbons (Fsp3) is 0.133. The minimum atomic E-state index is -0.353. The molecule has 0 atom stereocenters. The Morgan fingerprint density at radius 1 is 1.29 bits per heavy atom. The van der Waals surface area contributed by atoms with E-state index in [1.165, 1.54) is 18.2 Å². The second-order valence-electron chi connectivity index (χ2n) is 4.35. The van der Waals surface area contributed by atoms with Crippen LogP contribution in [0.4, 0.5) is 15.8 Å². The van der Waals surface area contributed by atoms with E-state index in [4.69, 9.17) is 10.5 Å². The minimum Gasteiger partial charge on any atom is -0.492 e. The summed E-state index contributed by atoms with van der Waals surface area (Å²) in [6.45, 7) is 0.193. The van der Waals surface area contributed by atoms with Gasteiger partial charge in [-0.2, -0.15) is 0 Å². The third-order valence-corrected chi connectivity index (χ3v) is 3.27. The molecule has 110 valence electrons. The summed E-state index contributed by atoms with van der Waals surface area (Å²) >= 11 is 3.20. The van der Waals surface area contributed by atoms with E-state index >= 15 is 0 Å². The second kappa shape index (κ2) is 7.08. The van der Waals surface area contributed by atoms with Crippen LogP contribution < -0.4 is 15.8 Å². The first-order valence-electron chi connectivity index (χ1n) is 6.28. The molecule has 0 saturated heterocycles. The van der Waals surface area contributed by atoms with Crippen LogP contribution in [0, 0.1) is 5.82 Å². The highest BCUT2D eigenvalue weighted by Crippen LogP contribution is 2.25. The van der Waals surface area contributed by atoms with Crippen molar-refractivity contribution in [1.29, 1.82) is 0 Å². The van der Waals surface area contributed by atoms with E-state index in [0.717, 1.165) is 0 Å². The molecule has 1 amide bonds. The third kappa shape index (κ3) is 4.75. The van der Waals surface area contributed by atoms with Crippen LogP contribution in [0.2, 0.25) is 0 Å². The Balaban J connectivity index is 1.81. The molecule has 0 fully saturated rings. The first-order valence-corrected chi connectivity index (χ1v) is 7.07. The number of hydrogen-bond donors (Lipinski definition) is 2. The summed E-state index contributed by atoms with van der Waals surface area (Å²) in [7, 11) is 0. The number of nitrogens with two attached hydrogens (primary N) is 1. The van der Waals surface area contributed by atoms with Gasteiger partial charge in [0.1, 0.15) is 11.6 Å². The van der Waals surface area contributed by atoms with Crippen molar-refractivity contribution < 1.29 is 13.9 Å². The van der Waals surface area contributed by atoms with Gasteiger partial charge in [0.2, 0.25) is 5.91 Å². The molecule has 0 aliphatic carbocycles. The first-order chi connectivity index (χ1) is 10.0. The molecule has 0 radical (unpaired) electrons. The van der Waals surface area contributed by atoms with Gasteiger partial charge in [0, 0.05) is 11.4 Å². The van der Waals surface area contributed by atoms with Gasteiger partial charge in [-0.3, -0.25) is 4.79 Å². The number of nitrogens with one attached hydrogen (secondary N) is 1. The highest BCUT2D eigenvalue weighted by Gasteiger charge is 2.06. The fourth-order valence-electron chi connectivity index (χ4n) is 1.69. The number of hydrogen-bond acceptors (Lipinski definition) is 3. The van der Waals surface area contributed by atoms with E-state index in [0.29, 0.717) is 21.6 Å². The van der Waals surface area contributed by atoms with Crippen LogP contribution in [-0.4, -0.2) is 12.5 Å². The van der Waals surface area contributed by atoms with Crippen molar-refractivity contribution in [3.8, 4) is 5.75 Å². The molecular weight excluding hydrogens is 339 g/mol. The van der Waals surface area contributed by atoms with Gasteiger partial charge >= 0.3 is 0 Å². The molecular formula is C15H14BrFN2O2. The summed E-state index contributed by atoms with van der Waals surface area (Å²) in [5.41, 5.74) is 6.85. The molecule has 0 bridgehead atoms. The highest BCUT2D eigenvalue weighted by molar-refractivity contribution is 9.10. The number of nitrogen functional groups attached to an aromatic ring is 1. The Morgan fingerprint density at radius 3 is 2.81 bits per heavy atom. The van der Waals surface area contributed by atoms with E-state index in [1.807, 2.05) is 0 Å². The molecule has 0 saturated carbocycles. The summed E-state index contributed by atoms with van der Waals surface area (Å²) in [5.74, 6) is -0.0411. The molecule has 0 aliphatic rings. The van der Waals surface area contributed by atoms with Crippen LogP contribution in [0.5, 0.6) is 5.75 Å². The maximum Gasteiger partial charge on any atom is 0.227 e. The number of ether oxygens (including phenoxy) is 1. The summed E-state index contributed by atoms with van der Waals surface area (Å²) in [5, 5.41) is 2.72. The molecule has 6 heteroatoms. The van der Waals surface area contributed by atoms with Crippen molar-refractivity contribution in [3.63, 3.8) is 0 Å². The van der Waals surface area contributed by atoms with Crippen LogP contribution in [0.1, 0.15) is 6.42 Å². The number of rotatable bonds is 5. The lowest BCUT2D eigenvalue weighted by Crippen LogP contribution is -2.15. The summed E-state index contributed by atoms with van der Waals surface area (Å²) in [4.78, 5) is 11.7. The predicted octanol–water partition coefficient (Wildman–Crippen LogP) is 3.58. The normalized spacial score (nSPS) is 10.2.